The number of methoxy groups -OCH3 is 1. The van der Waals surface area contributed by atoms with Crippen LogP contribution in [0, 0.1) is 0 Å². The number of benzene rings is 1. The van der Waals surface area contributed by atoms with Crippen LogP contribution in [0.2, 0.25) is 5.02 Å². The van der Waals surface area contributed by atoms with Crippen LogP contribution in [0.5, 0.6) is 5.75 Å². The summed E-state index contributed by atoms with van der Waals surface area (Å²) in [5, 5.41) is 0.179. The first-order valence-electron chi connectivity index (χ1n) is 5.35. The standard InChI is InChI=1S/C11H13BrCl2O4S/c1-7(3-4-17-2)18-11-9(13)5-8(12)6-10(11)19(14,15)16/h5-7H,3-4H2,1-2H3. The van der Waals surface area contributed by atoms with E-state index in [2.05, 4.69) is 15.9 Å². The number of hydrogen-bond donors (Lipinski definition) is 0. The third-order valence-electron chi connectivity index (χ3n) is 2.28. The Morgan fingerprint density at radius 1 is 1.42 bits per heavy atom. The van der Waals surface area contributed by atoms with Crippen LogP contribution in [0.4, 0.5) is 0 Å². The van der Waals surface area contributed by atoms with E-state index in [-0.39, 0.29) is 21.8 Å². The molecule has 0 heterocycles. The van der Waals surface area contributed by atoms with Gasteiger partial charge in [-0.15, -0.1) is 0 Å². The number of halogens is 3. The predicted octanol–water partition coefficient (Wildman–Crippen LogP) is 3.83. The summed E-state index contributed by atoms with van der Waals surface area (Å²) in [6.07, 6.45) is 0.348. The van der Waals surface area contributed by atoms with E-state index in [0.29, 0.717) is 17.5 Å². The second-order valence-corrected chi connectivity index (χ2v) is 7.72. The molecular weight excluding hydrogens is 379 g/mol. The molecule has 0 radical (unpaired) electrons. The molecule has 0 aliphatic heterocycles. The molecule has 0 saturated carbocycles. The summed E-state index contributed by atoms with van der Waals surface area (Å²) in [7, 11) is 3.02. The molecular formula is C11H13BrCl2O4S. The Balaban J connectivity index is 3.12. The Morgan fingerprint density at radius 2 is 2.05 bits per heavy atom. The van der Waals surface area contributed by atoms with Gasteiger partial charge in [0.15, 0.2) is 5.75 Å². The zero-order valence-corrected chi connectivity index (χ0v) is 14.2. The van der Waals surface area contributed by atoms with Crippen molar-refractivity contribution in [2.75, 3.05) is 13.7 Å². The molecule has 0 amide bonds. The van der Waals surface area contributed by atoms with Crippen LogP contribution in [0.1, 0.15) is 13.3 Å². The molecule has 0 bridgehead atoms. The number of rotatable bonds is 6. The molecule has 1 atom stereocenters. The minimum atomic E-state index is -3.94. The van der Waals surface area contributed by atoms with Crippen LogP contribution >= 0.6 is 38.2 Å². The molecule has 0 aromatic heterocycles. The third-order valence-corrected chi connectivity index (χ3v) is 4.35. The van der Waals surface area contributed by atoms with Gasteiger partial charge in [0, 0.05) is 35.3 Å². The highest BCUT2D eigenvalue weighted by Crippen LogP contribution is 2.37. The highest BCUT2D eigenvalue weighted by molar-refractivity contribution is 9.10. The van der Waals surface area contributed by atoms with Gasteiger partial charge in [-0.1, -0.05) is 27.5 Å². The van der Waals surface area contributed by atoms with Gasteiger partial charge in [0.2, 0.25) is 0 Å². The van der Waals surface area contributed by atoms with Gasteiger partial charge in [0.1, 0.15) is 4.90 Å². The van der Waals surface area contributed by atoms with Crippen molar-refractivity contribution in [3.8, 4) is 5.75 Å². The maximum absolute atomic E-state index is 11.5. The van der Waals surface area contributed by atoms with Gasteiger partial charge in [-0.25, -0.2) is 8.42 Å². The average molecular weight is 392 g/mol. The molecule has 0 saturated heterocycles. The smallest absolute Gasteiger partial charge is 0.265 e. The van der Waals surface area contributed by atoms with Crippen LogP contribution in [-0.4, -0.2) is 28.2 Å². The van der Waals surface area contributed by atoms with E-state index >= 15 is 0 Å². The molecule has 1 unspecified atom stereocenters. The fraction of sp³-hybridized carbons (Fsp3) is 0.455. The maximum atomic E-state index is 11.5. The molecule has 0 spiro atoms. The van der Waals surface area contributed by atoms with Crippen LogP contribution < -0.4 is 4.74 Å². The molecule has 0 fully saturated rings. The lowest BCUT2D eigenvalue weighted by Crippen LogP contribution is -2.15. The molecule has 1 aromatic rings. The first-order chi connectivity index (χ1) is 8.75. The van der Waals surface area contributed by atoms with E-state index in [1.807, 2.05) is 0 Å². The van der Waals surface area contributed by atoms with Crippen molar-refractivity contribution in [1.82, 2.24) is 0 Å². The van der Waals surface area contributed by atoms with Crippen molar-refractivity contribution in [2.24, 2.45) is 0 Å². The van der Waals surface area contributed by atoms with E-state index in [9.17, 15) is 8.42 Å². The highest BCUT2D eigenvalue weighted by Gasteiger charge is 2.22. The van der Waals surface area contributed by atoms with E-state index < -0.39 is 9.05 Å². The van der Waals surface area contributed by atoms with E-state index in [1.165, 1.54) is 6.07 Å². The maximum Gasteiger partial charge on any atom is 0.265 e. The van der Waals surface area contributed by atoms with Crippen molar-refractivity contribution in [2.45, 2.75) is 24.3 Å². The van der Waals surface area contributed by atoms with Crippen LogP contribution in [0.3, 0.4) is 0 Å². The average Bonchev–Trinajstić information content (AvgIpc) is 2.28. The Hall–Kier alpha value is -0.0100. The number of ether oxygens (including phenoxy) is 2. The van der Waals surface area contributed by atoms with Crippen molar-refractivity contribution in [3.63, 3.8) is 0 Å². The van der Waals surface area contributed by atoms with E-state index in [0.717, 1.165) is 0 Å². The highest BCUT2D eigenvalue weighted by atomic mass is 79.9. The van der Waals surface area contributed by atoms with Gasteiger partial charge in [-0.2, -0.15) is 0 Å². The topological polar surface area (TPSA) is 52.6 Å². The molecule has 4 nitrogen and oxygen atoms in total. The lowest BCUT2D eigenvalue weighted by molar-refractivity contribution is 0.133. The molecule has 0 aliphatic carbocycles. The monoisotopic (exact) mass is 390 g/mol. The van der Waals surface area contributed by atoms with Gasteiger partial charge < -0.3 is 9.47 Å². The Bertz CT molecular complexity index is 548. The molecule has 0 N–H and O–H groups in total. The number of hydrogen-bond acceptors (Lipinski definition) is 4. The lowest BCUT2D eigenvalue weighted by Gasteiger charge is -2.17. The largest absolute Gasteiger partial charge is 0.488 e. The fourth-order valence-electron chi connectivity index (χ4n) is 1.38. The Morgan fingerprint density at radius 3 is 2.58 bits per heavy atom. The summed E-state index contributed by atoms with van der Waals surface area (Å²) < 4.78 is 34.1. The van der Waals surface area contributed by atoms with Crippen molar-refractivity contribution < 1.29 is 17.9 Å². The minimum absolute atomic E-state index is 0.0588. The van der Waals surface area contributed by atoms with Gasteiger partial charge >= 0.3 is 0 Å². The van der Waals surface area contributed by atoms with E-state index in [1.54, 1.807) is 20.1 Å². The first-order valence-corrected chi connectivity index (χ1v) is 8.83. The summed E-state index contributed by atoms with van der Waals surface area (Å²) in [4.78, 5) is -0.155. The molecule has 1 aromatic carbocycles. The molecule has 0 aliphatic rings. The summed E-state index contributed by atoms with van der Waals surface area (Å²) in [5.74, 6) is 0.0588. The fourth-order valence-corrected chi connectivity index (χ4v) is 3.43. The van der Waals surface area contributed by atoms with Crippen LogP contribution in [-0.2, 0) is 13.8 Å². The zero-order chi connectivity index (χ0) is 14.6. The predicted molar refractivity (Wildman–Crippen MR) is 78.8 cm³/mol. The van der Waals surface area contributed by atoms with Crippen molar-refractivity contribution >= 4 is 47.3 Å². The SMILES string of the molecule is COCCC(C)Oc1c(Cl)cc(Br)cc1S(=O)(=O)Cl. The normalized spacial score (nSPS) is 13.3. The van der Waals surface area contributed by atoms with Crippen LogP contribution in [0.15, 0.2) is 21.5 Å². The van der Waals surface area contributed by atoms with Gasteiger partial charge in [-0.05, 0) is 19.1 Å². The van der Waals surface area contributed by atoms with Gasteiger partial charge in [0.25, 0.3) is 9.05 Å². The minimum Gasteiger partial charge on any atom is -0.488 e. The lowest BCUT2D eigenvalue weighted by atomic mass is 10.3. The summed E-state index contributed by atoms with van der Waals surface area (Å²) in [6, 6.07) is 2.90. The second kappa shape index (κ2) is 7.13. The Labute approximate surface area is 130 Å². The van der Waals surface area contributed by atoms with Crippen LogP contribution in [0.25, 0.3) is 0 Å². The summed E-state index contributed by atoms with van der Waals surface area (Å²) >= 11 is 9.17. The molecule has 108 valence electrons. The second-order valence-electron chi connectivity index (χ2n) is 3.86. The van der Waals surface area contributed by atoms with E-state index in [4.69, 9.17) is 31.8 Å². The molecule has 8 heteroatoms. The quantitative estimate of drug-likeness (QED) is 0.691. The van der Waals surface area contributed by atoms with Gasteiger partial charge in [0.05, 0.1) is 11.1 Å². The molecule has 1 rings (SSSR count). The third kappa shape index (κ3) is 5.11. The Kier molecular flexibility index (Phi) is 6.39. The first kappa shape index (κ1) is 17.0. The van der Waals surface area contributed by atoms with Crippen molar-refractivity contribution in [3.05, 3.63) is 21.6 Å². The summed E-state index contributed by atoms with van der Waals surface area (Å²) in [5.41, 5.74) is 0. The zero-order valence-electron chi connectivity index (χ0n) is 10.3. The summed E-state index contributed by atoms with van der Waals surface area (Å²) in [6.45, 7) is 2.29. The van der Waals surface area contributed by atoms with Gasteiger partial charge in [-0.3, -0.25) is 0 Å². The molecule has 19 heavy (non-hydrogen) atoms. The van der Waals surface area contributed by atoms with Crippen molar-refractivity contribution in [1.29, 1.82) is 0 Å².